The van der Waals surface area contributed by atoms with Gasteiger partial charge in [-0.05, 0) is 41.3 Å². The Balaban J connectivity index is 2.03. The third-order valence-corrected chi connectivity index (χ3v) is 3.57. The van der Waals surface area contributed by atoms with Gasteiger partial charge in [0.2, 0.25) is 0 Å². The summed E-state index contributed by atoms with van der Waals surface area (Å²) >= 11 is 11.8. The van der Waals surface area contributed by atoms with Crippen molar-refractivity contribution in [1.82, 2.24) is 0 Å². The summed E-state index contributed by atoms with van der Waals surface area (Å²) < 4.78 is 0. The van der Waals surface area contributed by atoms with Gasteiger partial charge in [-0.1, -0.05) is 56.1 Å². The maximum atomic E-state index is 12.0. The quantitative estimate of drug-likeness (QED) is 0.700. The van der Waals surface area contributed by atoms with Gasteiger partial charge in [-0.25, -0.2) is 4.79 Å². The molecular formula is C17H18Cl2N2O. The first-order valence-corrected chi connectivity index (χ1v) is 7.64. The molecule has 2 rings (SSSR count). The number of halogens is 2. The van der Waals surface area contributed by atoms with E-state index in [1.807, 2.05) is 24.3 Å². The molecule has 22 heavy (non-hydrogen) atoms. The minimum absolute atomic E-state index is 0.0817. The summed E-state index contributed by atoms with van der Waals surface area (Å²) in [6.07, 6.45) is 0. The van der Waals surface area contributed by atoms with Crippen molar-refractivity contribution < 1.29 is 4.79 Å². The van der Waals surface area contributed by atoms with Gasteiger partial charge in [-0.3, -0.25) is 0 Å². The van der Waals surface area contributed by atoms with Crippen LogP contribution in [0.25, 0.3) is 0 Å². The summed E-state index contributed by atoms with van der Waals surface area (Å²) in [5.74, 6) is 0. The molecule has 0 atom stereocenters. The average Bonchev–Trinajstić information content (AvgIpc) is 2.36. The fraction of sp³-hybridized carbons (Fsp3) is 0.235. The normalized spacial score (nSPS) is 11.1. The smallest absolute Gasteiger partial charge is 0.308 e. The van der Waals surface area contributed by atoms with Crippen LogP contribution in [0.5, 0.6) is 0 Å². The molecule has 0 bridgehead atoms. The predicted octanol–water partition coefficient (Wildman–Crippen LogP) is 5.93. The number of benzene rings is 2. The second kappa shape index (κ2) is 6.59. The van der Waals surface area contributed by atoms with Crippen LogP contribution in [0, 0.1) is 0 Å². The van der Waals surface area contributed by atoms with E-state index >= 15 is 0 Å². The molecule has 0 aromatic heterocycles. The minimum atomic E-state index is -0.346. The number of nitrogens with one attached hydrogen (secondary N) is 2. The molecule has 2 aromatic carbocycles. The van der Waals surface area contributed by atoms with E-state index < -0.39 is 0 Å². The lowest BCUT2D eigenvalue weighted by Crippen LogP contribution is -2.19. The molecule has 2 N–H and O–H groups in total. The third kappa shape index (κ3) is 4.65. The Kier molecular flexibility index (Phi) is 4.99. The van der Waals surface area contributed by atoms with Gasteiger partial charge in [0.05, 0.1) is 0 Å². The van der Waals surface area contributed by atoms with Crippen LogP contribution >= 0.6 is 23.2 Å². The minimum Gasteiger partial charge on any atom is -0.308 e. The number of urea groups is 1. The molecule has 0 radical (unpaired) electrons. The molecule has 3 nitrogen and oxygen atoms in total. The Bertz CT molecular complexity index is 656. The van der Waals surface area contributed by atoms with Crippen LogP contribution in [0.3, 0.4) is 0 Å². The molecular weight excluding hydrogens is 319 g/mol. The largest absolute Gasteiger partial charge is 0.323 e. The SMILES string of the molecule is CC(C)(C)c1ccc(NC(=O)Nc2cc(Cl)cc(Cl)c2)cc1. The Morgan fingerprint density at radius 1 is 0.864 bits per heavy atom. The van der Waals surface area contributed by atoms with Crippen LogP contribution < -0.4 is 10.6 Å². The van der Waals surface area contributed by atoms with Crippen molar-refractivity contribution in [1.29, 1.82) is 0 Å². The summed E-state index contributed by atoms with van der Waals surface area (Å²) in [6.45, 7) is 6.43. The van der Waals surface area contributed by atoms with Crippen molar-refractivity contribution in [2.75, 3.05) is 10.6 Å². The number of amides is 2. The van der Waals surface area contributed by atoms with E-state index in [1.165, 1.54) is 5.56 Å². The fourth-order valence-electron chi connectivity index (χ4n) is 1.97. The van der Waals surface area contributed by atoms with Crippen LogP contribution in [0.2, 0.25) is 10.0 Å². The zero-order valence-electron chi connectivity index (χ0n) is 12.7. The molecule has 0 spiro atoms. The highest BCUT2D eigenvalue weighted by Crippen LogP contribution is 2.24. The zero-order chi connectivity index (χ0) is 16.3. The van der Waals surface area contributed by atoms with Crippen LogP contribution in [0.1, 0.15) is 26.3 Å². The van der Waals surface area contributed by atoms with Crippen molar-refractivity contribution >= 4 is 40.6 Å². The molecule has 0 saturated heterocycles. The van der Waals surface area contributed by atoms with Gasteiger partial charge in [0.15, 0.2) is 0 Å². The second-order valence-corrected chi connectivity index (χ2v) is 6.94. The van der Waals surface area contributed by atoms with E-state index in [0.717, 1.165) is 5.69 Å². The van der Waals surface area contributed by atoms with E-state index in [9.17, 15) is 4.79 Å². The number of hydrogen-bond acceptors (Lipinski definition) is 1. The first-order chi connectivity index (χ1) is 10.2. The fourth-order valence-corrected chi connectivity index (χ4v) is 2.50. The zero-order valence-corrected chi connectivity index (χ0v) is 14.2. The van der Waals surface area contributed by atoms with Crippen LogP contribution in [-0.2, 0) is 5.41 Å². The number of hydrogen-bond donors (Lipinski definition) is 2. The highest BCUT2D eigenvalue weighted by atomic mass is 35.5. The van der Waals surface area contributed by atoms with Crippen molar-refractivity contribution in [2.45, 2.75) is 26.2 Å². The Labute approximate surface area is 140 Å². The molecule has 0 fully saturated rings. The van der Waals surface area contributed by atoms with Crippen molar-refractivity contribution in [3.8, 4) is 0 Å². The summed E-state index contributed by atoms with van der Waals surface area (Å²) in [5, 5.41) is 6.41. The van der Waals surface area contributed by atoms with Gasteiger partial charge < -0.3 is 10.6 Å². The maximum Gasteiger partial charge on any atom is 0.323 e. The van der Waals surface area contributed by atoms with Crippen LogP contribution in [0.15, 0.2) is 42.5 Å². The van der Waals surface area contributed by atoms with Gasteiger partial charge in [-0.2, -0.15) is 0 Å². The number of rotatable bonds is 2. The molecule has 0 saturated carbocycles. The Morgan fingerprint density at radius 2 is 1.36 bits per heavy atom. The number of carbonyl (C=O) groups is 1. The number of carbonyl (C=O) groups excluding carboxylic acids is 1. The molecule has 0 aliphatic heterocycles. The van der Waals surface area contributed by atoms with Gasteiger partial charge in [-0.15, -0.1) is 0 Å². The molecule has 0 heterocycles. The summed E-state index contributed by atoms with van der Waals surface area (Å²) in [6, 6.07) is 12.3. The van der Waals surface area contributed by atoms with E-state index in [0.29, 0.717) is 15.7 Å². The highest BCUT2D eigenvalue weighted by molar-refractivity contribution is 6.35. The molecule has 0 unspecified atom stereocenters. The van der Waals surface area contributed by atoms with Gasteiger partial charge in [0, 0.05) is 21.4 Å². The first kappa shape index (κ1) is 16.7. The standard InChI is InChI=1S/C17H18Cl2N2O/c1-17(2,3)11-4-6-14(7-5-11)20-16(22)21-15-9-12(18)8-13(19)10-15/h4-10H,1-3H3,(H2,20,21,22). The Hall–Kier alpha value is -1.71. The molecule has 116 valence electrons. The lowest BCUT2D eigenvalue weighted by molar-refractivity contribution is 0.262. The predicted molar refractivity (Wildman–Crippen MR) is 94.2 cm³/mol. The molecule has 2 amide bonds. The first-order valence-electron chi connectivity index (χ1n) is 6.89. The maximum absolute atomic E-state index is 12.0. The van der Waals surface area contributed by atoms with Crippen LogP contribution in [-0.4, -0.2) is 6.03 Å². The molecule has 0 aliphatic rings. The van der Waals surface area contributed by atoms with Gasteiger partial charge in [0.1, 0.15) is 0 Å². The highest BCUT2D eigenvalue weighted by Gasteiger charge is 2.13. The van der Waals surface area contributed by atoms with Gasteiger partial charge in [0.25, 0.3) is 0 Å². The number of anilines is 2. The Morgan fingerprint density at radius 3 is 1.86 bits per heavy atom. The van der Waals surface area contributed by atoms with E-state index in [2.05, 4.69) is 31.4 Å². The summed E-state index contributed by atoms with van der Waals surface area (Å²) in [5.41, 5.74) is 2.55. The van der Waals surface area contributed by atoms with E-state index in [1.54, 1.807) is 18.2 Å². The lowest BCUT2D eigenvalue weighted by Gasteiger charge is -2.19. The topological polar surface area (TPSA) is 41.1 Å². The lowest BCUT2D eigenvalue weighted by atomic mass is 9.87. The van der Waals surface area contributed by atoms with Crippen LogP contribution in [0.4, 0.5) is 16.2 Å². The van der Waals surface area contributed by atoms with Gasteiger partial charge >= 0.3 is 6.03 Å². The molecule has 5 heteroatoms. The third-order valence-electron chi connectivity index (χ3n) is 3.13. The van der Waals surface area contributed by atoms with E-state index in [-0.39, 0.29) is 11.4 Å². The van der Waals surface area contributed by atoms with Crippen molar-refractivity contribution in [3.05, 3.63) is 58.1 Å². The monoisotopic (exact) mass is 336 g/mol. The van der Waals surface area contributed by atoms with Crippen molar-refractivity contribution in [2.24, 2.45) is 0 Å². The molecule has 2 aromatic rings. The van der Waals surface area contributed by atoms with E-state index in [4.69, 9.17) is 23.2 Å². The second-order valence-electron chi connectivity index (χ2n) is 6.06. The summed E-state index contributed by atoms with van der Waals surface area (Å²) in [7, 11) is 0. The summed E-state index contributed by atoms with van der Waals surface area (Å²) in [4.78, 5) is 12.0. The van der Waals surface area contributed by atoms with Crippen molar-refractivity contribution in [3.63, 3.8) is 0 Å². The molecule has 0 aliphatic carbocycles. The average molecular weight is 337 g/mol.